The van der Waals surface area contributed by atoms with E-state index in [0.29, 0.717) is 36.9 Å². The summed E-state index contributed by atoms with van der Waals surface area (Å²) in [6.45, 7) is 3.82. The predicted molar refractivity (Wildman–Crippen MR) is 211 cm³/mol. The quantitative estimate of drug-likeness (QED) is 0.253. The van der Waals surface area contributed by atoms with E-state index in [-0.39, 0.29) is 59.0 Å². The van der Waals surface area contributed by atoms with Gasteiger partial charge in [-0.05, 0) is 92.0 Å². The predicted octanol–water partition coefficient (Wildman–Crippen LogP) is 5.83. The highest BCUT2D eigenvalue weighted by atomic mass is 35.5. The van der Waals surface area contributed by atoms with Crippen LogP contribution in [0.3, 0.4) is 0 Å². The zero-order valence-corrected chi connectivity index (χ0v) is 33.5. The smallest absolute Gasteiger partial charge is 0.306 e. The molecule has 1 spiro atoms. The van der Waals surface area contributed by atoms with Gasteiger partial charge in [-0.3, -0.25) is 23.8 Å². The Balaban J connectivity index is 1.24. The number of esters is 1. The largest absolute Gasteiger partial charge is 0.490 e. The van der Waals surface area contributed by atoms with Crippen molar-refractivity contribution >= 4 is 45.0 Å². The number of fused-ring (bicyclic) bond motifs is 7. The summed E-state index contributed by atoms with van der Waals surface area (Å²) in [7, 11) is -0.759. The molecule has 8 rings (SSSR count). The first kappa shape index (κ1) is 38.5. The number of nitrogens with one attached hydrogen (secondary N) is 1. The Labute approximate surface area is 332 Å². The second-order valence-electron chi connectivity index (χ2n) is 15.9. The molecule has 4 heterocycles. The number of nitrogens with zero attached hydrogens (tertiary/aromatic N) is 4. The topological polar surface area (TPSA) is 151 Å². The van der Waals surface area contributed by atoms with E-state index in [4.69, 9.17) is 30.5 Å². The molecule has 1 aromatic heterocycles. The molecule has 1 saturated carbocycles. The van der Waals surface area contributed by atoms with E-state index in [2.05, 4.69) is 31.2 Å². The lowest BCUT2D eigenvalue weighted by Gasteiger charge is -2.46. The number of hydrogen-bond acceptors (Lipinski definition) is 10. The number of anilines is 1. The lowest BCUT2D eigenvalue weighted by atomic mass is 9.68. The first-order valence-electron chi connectivity index (χ1n) is 19.4. The molecule has 3 aliphatic heterocycles. The highest BCUT2D eigenvalue weighted by Crippen LogP contribution is 2.47. The van der Waals surface area contributed by atoms with E-state index in [1.807, 2.05) is 25.1 Å². The van der Waals surface area contributed by atoms with Crippen molar-refractivity contribution in [3.63, 3.8) is 0 Å². The third-order valence-corrected chi connectivity index (χ3v) is 14.2. The van der Waals surface area contributed by atoms with Crippen LogP contribution in [-0.2, 0) is 43.1 Å². The molecule has 0 radical (unpaired) electrons. The van der Waals surface area contributed by atoms with Crippen LogP contribution < -0.4 is 19.1 Å². The summed E-state index contributed by atoms with van der Waals surface area (Å²) in [6.07, 6.45) is 9.50. The summed E-state index contributed by atoms with van der Waals surface area (Å²) in [5.41, 5.74) is 3.08. The lowest BCUT2D eigenvalue weighted by Crippen LogP contribution is -2.50. The second-order valence-corrected chi connectivity index (χ2v) is 18.3. The van der Waals surface area contributed by atoms with Crippen molar-refractivity contribution < 1.29 is 37.5 Å². The Morgan fingerprint density at radius 3 is 2.73 bits per heavy atom. The van der Waals surface area contributed by atoms with Crippen LogP contribution in [-0.4, -0.2) is 83.1 Å². The van der Waals surface area contributed by atoms with Gasteiger partial charge in [0.25, 0.3) is 11.8 Å². The SMILES string of the molecule is COc1nn(C)cc1C(=O)NS1(=O)=NC(=O)c2ccc3c(c2)N(C[C@@H]2CC[C@H]2[C@@H]2/C=C/C(OCCCC(=O)O2)[C@H](C)C1)C[C@@]1(CCCc2cc(Cl)ccc21)CO3. The van der Waals surface area contributed by atoms with E-state index in [1.165, 1.54) is 29.1 Å². The van der Waals surface area contributed by atoms with Crippen LogP contribution >= 0.6 is 11.6 Å². The van der Waals surface area contributed by atoms with Crippen molar-refractivity contribution in [2.75, 3.05) is 44.1 Å². The fourth-order valence-electron chi connectivity index (χ4n) is 9.04. The normalized spacial score (nSPS) is 31.0. The van der Waals surface area contributed by atoms with E-state index in [0.717, 1.165) is 37.8 Å². The maximum Gasteiger partial charge on any atom is 0.306 e. The number of rotatable bonds is 3. The summed E-state index contributed by atoms with van der Waals surface area (Å²) in [4.78, 5) is 43.3. The fourth-order valence-corrected chi connectivity index (χ4v) is 11.1. The van der Waals surface area contributed by atoms with Crippen LogP contribution in [0.15, 0.2) is 59.1 Å². The number of halogens is 1. The Morgan fingerprint density at radius 1 is 1.09 bits per heavy atom. The van der Waals surface area contributed by atoms with Crippen LogP contribution in [0, 0.1) is 17.8 Å². The lowest BCUT2D eigenvalue weighted by molar-refractivity contribution is -0.152. The van der Waals surface area contributed by atoms with E-state index in [9.17, 15) is 18.6 Å². The highest BCUT2D eigenvalue weighted by molar-refractivity contribution is 7.92. The van der Waals surface area contributed by atoms with Gasteiger partial charge in [-0.25, -0.2) is 4.21 Å². The minimum absolute atomic E-state index is 0.0429. The van der Waals surface area contributed by atoms with Crippen molar-refractivity contribution in [1.82, 2.24) is 14.5 Å². The number of amides is 2. The molecule has 15 heteroatoms. The van der Waals surface area contributed by atoms with Gasteiger partial charge in [0.15, 0.2) is 0 Å². The number of aryl methyl sites for hydroxylation is 2. The number of aromatic nitrogens is 2. The zero-order valence-electron chi connectivity index (χ0n) is 31.9. The van der Waals surface area contributed by atoms with E-state index >= 15 is 0 Å². The summed E-state index contributed by atoms with van der Waals surface area (Å²) in [5, 5.41) is 4.86. The summed E-state index contributed by atoms with van der Waals surface area (Å²) >= 11 is 6.48. The average Bonchev–Trinajstić information content (AvgIpc) is 3.47. The second kappa shape index (κ2) is 15.5. The molecule has 4 bridgehead atoms. The Kier molecular flexibility index (Phi) is 10.7. The molecule has 7 atom stereocenters. The minimum Gasteiger partial charge on any atom is -0.490 e. The van der Waals surface area contributed by atoms with Crippen molar-refractivity contribution in [1.29, 1.82) is 0 Å². The number of carbonyl (C=O) groups is 3. The van der Waals surface area contributed by atoms with Crippen LogP contribution in [0.1, 0.15) is 77.3 Å². The Hall–Kier alpha value is -4.40. The van der Waals surface area contributed by atoms with Crippen molar-refractivity contribution in [3.8, 4) is 11.6 Å². The number of hydrogen-bond donors (Lipinski definition) is 1. The molecule has 298 valence electrons. The van der Waals surface area contributed by atoms with Gasteiger partial charge in [0.1, 0.15) is 27.3 Å². The first-order chi connectivity index (χ1) is 26.9. The van der Waals surface area contributed by atoms with E-state index in [1.54, 1.807) is 25.2 Å². The van der Waals surface area contributed by atoms with Gasteiger partial charge in [-0.2, -0.15) is 0 Å². The van der Waals surface area contributed by atoms with Gasteiger partial charge in [-0.15, -0.1) is 9.46 Å². The minimum atomic E-state index is -3.78. The van der Waals surface area contributed by atoms with Crippen LogP contribution in [0.5, 0.6) is 11.6 Å². The Bertz CT molecular complexity index is 2200. The number of ether oxygens (including phenoxy) is 4. The highest BCUT2D eigenvalue weighted by Gasteiger charge is 2.45. The summed E-state index contributed by atoms with van der Waals surface area (Å²) < 4.78 is 47.7. The zero-order chi connectivity index (χ0) is 39.2. The average molecular weight is 806 g/mol. The van der Waals surface area contributed by atoms with Gasteiger partial charge in [-0.1, -0.05) is 30.7 Å². The molecule has 5 aliphatic rings. The van der Waals surface area contributed by atoms with Crippen molar-refractivity contribution in [2.45, 2.75) is 69.5 Å². The fraction of sp³-hybridized carbons (Fsp3) is 0.512. The van der Waals surface area contributed by atoms with Crippen LogP contribution in [0.2, 0.25) is 5.02 Å². The molecular weight excluding hydrogens is 758 g/mol. The summed E-state index contributed by atoms with van der Waals surface area (Å²) in [6, 6.07) is 11.3. The third-order valence-electron chi connectivity index (χ3n) is 12.0. The monoisotopic (exact) mass is 805 g/mol. The number of benzene rings is 2. The third kappa shape index (κ3) is 7.67. The first-order valence-corrected chi connectivity index (χ1v) is 21.5. The van der Waals surface area contributed by atoms with Crippen molar-refractivity contribution in [3.05, 3.63) is 82.0 Å². The molecule has 13 nitrogen and oxygen atoms in total. The number of carbonyl (C=O) groups excluding carboxylic acids is 3. The molecule has 3 aromatic rings. The number of methoxy groups -OCH3 is 1. The van der Waals surface area contributed by atoms with Gasteiger partial charge in [0.2, 0.25) is 5.88 Å². The summed E-state index contributed by atoms with van der Waals surface area (Å²) in [5.74, 6) is -1.52. The molecule has 2 aromatic carbocycles. The van der Waals surface area contributed by atoms with Gasteiger partial charge in [0, 0.05) is 67.2 Å². The molecule has 1 N–H and O–H groups in total. The molecule has 56 heavy (non-hydrogen) atoms. The van der Waals surface area contributed by atoms with Gasteiger partial charge in [0.05, 0.1) is 31.3 Å². The molecule has 2 unspecified atom stereocenters. The van der Waals surface area contributed by atoms with Crippen molar-refractivity contribution in [2.24, 2.45) is 29.2 Å². The molecule has 0 saturated heterocycles. The molecule has 2 aliphatic carbocycles. The molecule has 2 amide bonds. The van der Waals surface area contributed by atoms with Crippen LogP contribution in [0.4, 0.5) is 5.69 Å². The molecule has 1 fully saturated rings. The van der Waals surface area contributed by atoms with Gasteiger partial charge < -0.3 is 23.8 Å². The standard InChI is InChI=1S/C41H48ClN5O8S/c1-25-22-56(51,45-39(50)31-21-46(2)43-40(31)52-3)44-38(49)27-9-13-36-33(19-27)47(23-41(24-54-36)16-4-6-26-18-29(42)10-12-32(26)41)20-28-8-11-30(28)35-15-14-34(25)53-17-5-7-37(48)55-35/h9-10,12-15,18-19,21,25,28,30,34-35H,4-8,11,16-17,20,22-24H2,1-3H3,(H,44,45,49,50,51)/b15-14+/t25-,28+,30-,34?,35+,41+,56?/m1/s1. The van der Waals surface area contributed by atoms with Gasteiger partial charge >= 0.3 is 5.97 Å². The maximum atomic E-state index is 14.9. The Morgan fingerprint density at radius 2 is 1.93 bits per heavy atom. The van der Waals surface area contributed by atoms with E-state index < -0.39 is 39.9 Å². The molecular formula is C41H48ClN5O8S. The maximum absolute atomic E-state index is 14.9. The van der Waals surface area contributed by atoms with Crippen LogP contribution in [0.25, 0.3) is 0 Å².